The van der Waals surface area contributed by atoms with E-state index < -0.39 is 0 Å². The van der Waals surface area contributed by atoms with Crippen molar-refractivity contribution in [3.05, 3.63) is 0 Å². The number of hydrogen-bond acceptors (Lipinski definition) is 2. The Balaban J connectivity index is 2.21. The monoisotopic (exact) mass is 226 g/mol. The third-order valence-corrected chi connectivity index (χ3v) is 3.71. The number of unbranched alkanes of at least 4 members (excludes halogenated alkanes) is 2. The largest absolute Gasteiger partial charge is 0.356 e. The van der Waals surface area contributed by atoms with Gasteiger partial charge in [-0.3, -0.25) is 4.79 Å². The molecule has 1 rings (SSSR count). The van der Waals surface area contributed by atoms with Gasteiger partial charge in [-0.2, -0.15) is 0 Å². The van der Waals surface area contributed by atoms with Gasteiger partial charge >= 0.3 is 0 Å². The second-order valence-corrected chi connectivity index (χ2v) is 5.15. The van der Waals surface area contributed by atoms with Gasteiger partial charge in [0.05, 0.1) is 0 Å². The van der Waals surface area contributed by atoms with Crippen LogP contribution in [0.4, 0.5) is 0 Å². The minimum Gasteiger partial charge on any atom is -0.356 e. The van der Waals surface area contributed by atoms with E-state index in [1.54, 1.807) is 0 Å². The molecule has 16 heavy (non-hydrogen) atoms. The van der Waals surface area contributed by atoms with Crippen molar-refractivity contribution < 1.29 is 4.79 Å². The van der Waals surface area contributed by atoms with Gasteiger partial charge in [0.2, 0.25) is 5.91 Å². The molecule has 1 aliphatic carbocycles. The molecule has 1 saturated carbocycles. The standard InChI is InChI=1S/C13H26N2O/c1-3-4-5-8-15-13(16)11-7-6-10(2)12(14)9-11/h10-12H,3-9,14H2,1-2H3,(H,15,16). The van der Waals surface area contributed by atoms with Crippen molar-refractivity contribution >= 4 is 5.91 Å². The number of carbonyl (C=O) groups excluding carboxylic acids is 1. The Kier molecular flexibility index (Phi) is 5.81. The number of rotatable bonds is 5. The minimum absolute atomic E-state index is 0.160. The molecular weight excluding hydrogens is 200 g/mol. The molecule has 3 nitrogen and oxygen atoms in total. The first-order valence-corrected chi connectivity index (χ1v) is 6.68. The molecule has 0 heterocycles. The summed E-state index contributed by atoms with van der Waals surface area (Å²) in [6, 6.07) is 0.208. The van der Waals surface area contributed by atoms with Crippen LogP contribution in [0.3, 0.4) is 0 Å². The predicted octanol–water partition coefficient (Wildman–Crippen LogP) is 2.06. The topological polar surface area (TPSA) is 55.1 Å². The summed E-state index contributed by atoms with van der Waals surface area (Å²) in [4.78, 5) is 11.8. The fourth-order valence-corrected chi connectivity index (χ4v) is 2.33. The van der Waals surface area contributed by atoms with Gasteiger partial charge in [-0.15, -0.1) is 0 Å². The molecule has 0 bridgehead atoms. The summed E-state index contributed by atoms with van der Waals surface area (Å²) in [6.45, 7) is 5.18. The highest BCUT2D eigenvalue weighted by Gasteiger charge is 2.29. The number of hydrogen-bond donors (Lipinski definition) is 2. The third kappa shape index (κ3) is 4.12. The van der Waals surface area contributed by atoms with E-state index in [2.05, 4.69) is 19.2 Å². The van der Waals surface area contributed by atoms with E-state index in [4.69, 9.17) is 5.73 Å². The van der Waals surface area contributed by atoms with Crippen LogP contribution in [-0.2, 0) is 4.79 Å². The highest BCUT2D eigenvalue weighted by Crippen LogP contribution is 2.27. The fraction of sp³-hybridized carbons (Fsp3) is 0.923. The lowest BCUT2D eigenvalue weighted by Gasteiger charge is -2.31. The Hall–Kier alpha value is -0.570. The second kappa shape index (κ2) is 6.89. The van der Waals surface area contributed by atoms with Crippen molar-refractivity contribution in [2.75, 3.05) is 6.54 Å². The summed E-state index contributed by atoms with van der Waals surface area (Å²) in [5.74, 6) is 0.954. The van der Waals surface area contributed by atoms with Crippen LogP contribution in [0.15, 0.2) is 0 Å². The van der Waals surface area contributed by atoms with Crippen LogP contribution in [0.1, 0.15) is 52.4 Å². The first kappa shape index (κ1) is 13.5. The zero-order valence-electron chi connectivity index (χ0n) is 10.7. The summed E-state index contributed by atoms with van der Waals surface area (Å²) in [7, 11) is 0. The number of nitrogens with two attached hydrogens (primary N) is 1. The first-order valence-electron chi connectivity index (χ1n) is 6.68. The van der Waals surface area contributed by atoms with Gasteiger partial charge < -0.3 is 11.1 Å². The van der Waals surface area contributed by atoms with Crippen LogP contribution in [0.5, 0.6) is 0 Å². The molecule has 1 amide bonds. The average Bonchev–Trinajstić information content (AvgIpc) is 2.28. The molecule has 0 saturated heterocycles. The zero-order chi connectivity index (χ0) is 12.0. The molecule has 0 aromatic rings. The highest BCUT2D eigenvalue weighted by atomic mass is 16.1. The Morgan fingerprint density at radius 2 is 2.12 bits per heavy atom. The molecule has 0 radical (unpaired) electrons. The van der Waals surface area contributed by atoms with E-state index in [-0.39, 0.29) is 17.9 Å². The molecule has 1 aliphatic rings. The smallest absolute Gasteiger partial charge is 0.223 e. The molecule has 3 N–H and O–H groups in total. The van der Waals surface area contributed by atoms with E-state index in [1.165, 1.54) is 12.8 Å². The average molecular weight is 226 g/mol. The molecular formula is C13H26N2O. The van der Waals surface area contributed by atoms with E-state index in [0.29, 0.717) is 5.92 Å². The van der Waals surface area contributed by atoms with Crippen LogP contribution >= 0.6 is 0 Å². The molecule has 1 fully saturated rings. The molecule has 0 aliphatic heterocycles. The molecule has 3 atom stereocenters. The SMILES string of the molecule is CCCCCNC(=O)C1CCC(C)C(N)C1. The van der Waals surface area contributed by atoms with Crippen molar-refractivity contribution in [2.45, 2.75) is 58.4 Å². The van der Waals surface area contributed by atoms with Gasteiger partial charge in [0, 0.05) is 18.5 Å². The van der Waals surface area contributed by atoms with Crippen molar-refractivity contribution in [3.63, 3.8) is 0 Å². The lowest BCUT2D eigenvalue weighted by Crippen LogP contribution is -2.41. The van der Waals surface area contributed by atoms with Crippen molar-refractivity contribution in [3.8, 4) is 0 Å². The lowest BCUT2D eigenvalue weighted by atomic mass is 9.79. The Morgan fingerprint density at radius 3 is 2.75 bits per heavy atom. The van der Waals surface area contributed by atoms with Gasteiger partial charge in [0.1, 0.15) is 0 Å². The van der Waals surface area contributed by atoms with Gasteiger partial charge in [-0.05, 0) is 31.6 Å². The normalized spacial score (nSPS) is 30.1. The predicted molar refractivity (Wildman–Crippen MR) is 67.0 cm³/mol. The van der Waals surface area contributed by atoms with E-state index in [0.717, 1.165) is 32.2 Å². The van der Waals surface area contributed by atoms with Crippen molar-refractivity contribution in [1.82, 2.24) is 5.32 Å². The van der Waals surface area contributed by atoms with Crippen LogP contribution in [0, 0.1) is 11.8 Å². The molecule has 94 valence electrons. The summed E-state index contributed by atoms with van der Waals surface area (Å²) < 4.78 is 0. The van der Waals surface area contributed by atoms with Gasteiger partial charge in [0.25, 0.3) is 0 Å². The summed E-state index contributed by atoms with van der Waals surface area (Å²) in [5, 5.41) is 3.03. The molecule has 0 aromatic carbocycles. The third-order valence-electron chi connectivity index (χ3n) is 3.71. The molecule has 3 unspecified atom stereocenters. The maximum absolute atomic E-state index is 11.8. The highest BCUT2D eigenvalue weighted by molar-refractivity contribution is 5.78. The van der Waals surface area contributed by atoms with Crippen molar-refractivity contribution in [1.29, 1.82) is 0 Å². The van der Waals surface area contributed by atoms with Crippen LogP contribution in [0.25, 0.3) is 0 Å². The quantitative estimate of drug-likeness (QED) is 0.705. The first-order chi connectivity index (χ1) is 7.65. The van der Waals surface area contributed by atoms with Crippen LogP contribution in [-0.4, -0.2) is 18.5 Å². The van der Waals surface area contributed by atoms with Gasteiger partial charge in [0.15, 0.2) is 0 Å². The Bertz CT molecular complexity index is 218. The number of nitrogens with one attached hydrogen (secondary N) is 1. The summed E-state index contributed by atoms with van der Waals surface area (Å²) in [5.41, 5.74) is 6.00. The Labute approximate surface area is 99.2 Å². The minimum atomic E-state index is 0.160. The second-order valence-electron chi connectivity index (χ2n) is 5.15. The number of carbonyl (C=O) groups is 1. The van der Waals surface area contributed by atoms with E-state index >= 15 is 0 Å². The molecule has 0 spiro atoms. The van der Waals surface area contributed by atoms with E-state index in [9.17, 15) is 4.79 Å². The van der Waals surface area contributed by atoms with E-state index in [1.807, 2.05) is 0 Å². The van der Waals surface area contributed by atoms with Gasteiger partial charge in [-0.25, -0.2) is 0 Å². The Morgan fingerprint density at radius 1 is 1.38 bits per heavy atom. The fourth-order valence-electron chi connectivity index (χ4n) is 2.33. The lowest BCUT2D eigenvalue weighted by molar-refractivity contribution is -0.126. The zero-order valence-corrected chi connectivity index (χ0v) is 10.7. The maximum atomic E-state index is 11.8. The number of amides is 1. The molecule has 3 heteroatoms. The van der Waals surface area contributed by atoms with Crippen LogP contribution < -0.4 is 11.1 Å². The molecule has 0 aromatic heterocycles. The summed E-state index contributed by atoms with van der Waals surface area (Å²) in [6.07, 6.45) is 6.45. The van der Waals surface area contributed by atoms with Crippen LogP contribution in [0.2, 0.25) is 0 Å². The maximum Gasteiger partial charge on any atom is 0.223 e. The van der Waals surface area contributed by atoms with Crippen molar-refractivity contribution in [2.24, 2.45) is 17.6 Å². The summed E-state index contributed by atoms with van der Waals surface area (Å²) >= 11 is 0. The van der Waals surface area contributed by atoms with Gasteiger partial charge in [-0.1, -0.05) is 26.7 Å².